The van der Waals surface area contributed by atoms with Crippen LogP contribution in [-0.2, 0) is 9.53 Å². The average Bonchev–Trinajstić information content (AvgIpc) is 2.34. The second kappa shape index (κ2) is 11.6. The molecule has 0 aromatic carbocycles. The highest BCUT2D eigenvalue weighted by Gasteiger charge is 2.07. The maximum atomic E-state index is 11.2. The summed E-state index contributed by atoms with van der Waals surface area (Å²) in [7, 11) is 0. The summed E-state index contributed by atoms with van der Waals surface area (Å²) < 4.78 is 4.78. The number of carbonyl (C=O) groups is 1. The van der Waals surface area contributed by atoms with Crippen LogP contribution in [0.15, 0.2) is 12.2 Å². The highest BCUT2D eigenvalue weighted by atomic mass is 16.5. The van der Waals surface area contributed by atoms with Crippen LogP contribution in [-0.4, -0.2) is 35.5 Å². The van der Waals surface area contributed by atoms with Gasteiger partial charge >= 0.3 is 5.97 Å². The Hall–Kier alpha value is -0.870. The van der Waals surface area contributed by atoms with Crippen LogP contribution in [0.4, 0.5) is 0 Å². The van der Waals surface area contributed by atoms with E-state index in [1.807, 2.05) is 13.0 Å². The van der Waals surface area contributed by atoms with E-state index in [1.54, 1.807) is 0 Å². The van der Waals surface area contributed by atoms with Crippen molar-refractivity contribution in [3.05, 3.63) is 12.2 Å². The maximum absolute atomic E-state index is 11.2. The van der Waals surface area contributed by atoms with Crippen molar-refractivity contribution in [2.75, 3.05) is 13.2 Å². The number of aliphatic hydroxyl groups is 2. The first-order valence-corrected chi connectivity index (χ1v) is 6.26. The summed E-state index contributed by atoms with van der Waals surface area (Å²) in [6.07, 6.45) is 8.85. The van der Waals surface area contributed by atoms with Gasteiger partial charge in [-0.2, -0.15) is 0 Å². The molecule has 0 saturated heterocycles. The molecule has 0 rings (SSSR count). The van der Waals surface area contributed by atoms with E-state index >= 15 is 0 Å². The first-order valence-electron chi connectivity index (χ1n) is 6.26. The molecule has 4 heteroatoms. The van der Waals surface area contributed by atoms with Gasteiger partial charge in [0.2, 0.25) is 0 Å². The second-order valence-corrected chi connectivity index (χ2v) is 4.04. The monoisotopic (exact) mass is 244 g/mol. The van der Waals surface area contributed by atoms with E-state index in [1.165, 1.54) is 0 Å². The van der Waals surface area contributed by atoms with Crippen LogP contribution in [0.5, 0.6) is 0 Å². The quantitative estimate of drug-likeness (QED) is 0.349. The van der Waals surface area contributed by atoms with Crippen LogP contribution in [0, 0.1) is 0 Å². The van der Waals surface area contributed by atoms with Crippen molar-refractivity contribution in [3.8, 4) is 0 Å². The molecule has 0 saturated carbocycles. The molecule has 17 heavy (non-hydrogen) atoms. The van der Waals surface area contributed by atoms with Crippen molar-refractivity contribution in [1.82, 2.24) is 0 Å². The molecule has 100 valence electrons. The van der Waals surface area contributed by atoms with Crippen LogP contribution >= 0.6 is 0 Å². The van der Waals surface area contributed by atoms with E-state index in [0.29, 0.717) is 6.42 Å². The summed E-state index contributed by atoms with van der Waals surface area (Å²) in [6, 6.07) is 0. The Balaban J connectivity index is 3.27. The fourth-order valence-corrected chi connectivity index (χ4v) is 1.37. The van der Waals surface area contributed by atoms with Crippen molar-refractivity contribution < 1.29 is 19.7 Å². The number of rotatable bonds is 10. The number of ether oxygens (including phenoxy) is 1. The number of hydrogen-bond donors (Lipinski definition) is 2. The molecule has 1 atom stereocenters. The summed E-state index contributed by atoms with van der Waals surface area (Å²) in [5.41, 5.74) is 0. The topological polar surface area (TPSA) is 66.8 Å². The molecule has 0 aliphatic rings. The average molecular weight is 244 g/mol. The lowest BCUT2D eigenvalue weighted by Crippen LogP contribution is -2.21. The lowest BCUT2D eigenvalue weighted by Gasteiger charge is -2.08. The number of allylic oxidation sites excluding steroid dienone is 2. The molecule has 2 N–H and O–H groups in total. The van der Waals surface area contributed by atoms with Crippen LogP contribution in [0.1, 0.15) is 45.4 Å². The second-order valence-electron chi connectivity index (χ2n) is 4.04. The van der Waals surface area contributed by atoms with Gasteiger partial charge in [-0.25, -0.2) is 0 Å². The van der Waals surface area contributed by atoms with Gasteiger partial charge in [0, 0.05) is 6.42 Å². The number of esters is 1. The molecular weight excluding hydrogens is 220 g/mol. The summed E-state index contributed by atoms with van der Waals surface area (Å²) >= 11 is 0. The smallest absolute Gasteiger partial charge is 0.305 e. The van der Waals surface area contributed by atoms with Crippen LogP contribution < -0.4 is 0 Å². The van der Waals surface area contributed by atoms with Gasteiger partial charge in [-0.05, 0) is 26.2 Å². The first-order chi connectivity index (χ1) is 8.20. The summed E-state index contributed by atoms with van der Waals surface area (Å²) in [5, 5.41) is 17.5. The summed E-state index contributed by atoms with van der Waals surface area (Å²) in [5.74, 6) is -0.300. The van der Waals surface area contributed by atoms with E-state index < -0.39 is 6.10 Å². The molecule has 0 fully saturated rings. The molecule has 0 aliphatic carbocycles. The minimum absolute atomic E-state index is 0.114. The predicted octanol–water partition coefficient (Wildman–Crippen LogP) is 1.80. The predicted molar refractivity (Wildman–Crippen MR) is 66.6 cm³/mol. The van der Waals surface area contributed by atoms with Gasteiger partial charge in [0.1, 0.15) is 12.7 Å². The number of unbranched alkanes of at least 4 members (excludes halogenated alkanes) is 4. The Kier molecular flexibility index (Phi) is 11.0. The van der Waals surface area contributed by atoms with Crippen molar-refractivity contribution in [2.24, 2.45) is 0 Å². The van der Waals surface area contributed by atoms with Gasteiger partial charge in [-0.1, -0.05) is 25.0 Å². The van der Waals surface area contributed by atoms with Gasteiger partial charge < -0.3 is 14.9 Å². The van der Waals surface area contributed by atoms with Crippen molar-refractivity contribution >= 4 is 5.97 Å². The van der Waals surface area contributed by atoms with Crippen LogP contribution in [0.2, 0.25) is 0 Å². The lowest BCUT2D eigenvalue weighted by molar-refractivity contribution is -0.147. The molecule has 0 aromatic heterocycles. The number of aliphatic hydroxyl groups excluding tert-OH is 2. The molecule has 0 aliphatic heterocycles. The first kappa shape index (κ1) is 16.1. The SMILES string of the molecule is C/C=C\CCCCCCC(=O)OC[C@@H](O)CO. The standard InChI is InChI=1S/C13H24O4/c1-2-3-4-5-6-7-8-9-13(16)17-11-12(15)10-14/h2-3,12,14-15H,4-11H2,1H3/b3-2-/t12-/m0/s1. The van der Waals surface area contributed by atoms with E-state index in [4.69, 9.17) is 14.9 Å². The largest absolute Gasteiger partial charge is 0.463 e. The molecule has 0 radical (unpaired) electrons. The van der Waals surface area contributed by atoms with Crippen molar-refractivity contribution in [2.45, 2.75) is 51.6 Å². The zero-order chi connectivity index (χ0) is 12.9. The van der Waals surface area contributed by atoms with E-state index in [0.717, 1.165) is 32.1 Å². The maximum Gasteiger partial charge on any atom is 0.305 e. The van der Waals surface area contributed by atoms with Gasteiger partial charge in [0.15, 0.2) is 0 Å². The third-order valence-corrected chi connectivity index (χ3v) is 2.38. The van der Waals surface area contributed by atoms with Crippen LogP contribution in [0.25, 0.3) is 0 Å². The van der Waals surface area contributed by atoms with Crippen molar-refractivity contribution in [3.63, 3.8) is 0 Å². The molecule has 0 unspecified atom stereocenters. The molecule has 0 aromatic rings. The van der Waals surface area contributed by atoms with Gasteiger partial charge in [-0.15, -0.1) is 0 Å². The summed E-state index contributed by atoms with van der Waals surface area (Å²) in [4.78, 5) is 11.2. The fraction of sp³-hybridized carbons (Fsp3) is 0.769. The molecule has 0 heterocycles. The minimum atomic E-state index is -0.959. The third-order valence-electron chi connectivity index (χ3n) is 2.38. The summed E-state index contributed by atoms with van der Waals surface area (Å²) in [6.45, 7) is 1.52. The Morgan fingerprint density at radius 2 is 2.00 bits per heavy atom. The van der Waals surface area contributed by atoms with E-state index in [2.05, 4.69) is 6.08 Å². The zero-order valence-electron chi connectivity index (χ0n) is 10.6. The van der Waals surface area contributed by atoms with Gasteiger partial charge in [0.25, 0.3) is 0 Å². The van der Waals surface area contributed by atoms with Gasteiger partial charge in [-0.3, -0.25) is 4.79 Å². The Labute approximate surface area is 103 Å². The highest BCUT2D eigenvalue weighted by Crippen LogP contribution is 2.06. The Morgan fingerprint density at radius 1 is 1.29 bits per heavy atom. The minimum Gasteiger partial charge on any atom is -0.463 e. The lowest BCUT2D eigenvalue weighted by atomic mass is 10.1. The molecular formula is C13H24O4. The zero-order valence-corrected chi connectivity index (χ0v) is 10.6. The molecule has 0 bridgehead atoms. The van der Waals surface area contributed by atoms with E-state index in [9.17, 15) is 4.79 Å². The molecule has 0 spiro atoms. The van der Waals surface area contributed by atoms with Crippen molar-refractivity contribution in [1.29, 1.82) is 0 Å². The third kappa shape index (κ3) is 11.4. The normalized spacial score (nSPS) is 12.9. The van der Waals surface area contributed by atoms with Crippen LogP contribution in [0.3, 0.4) is 0 Å². The Morgan fingerprint density at radius 3 is 2.65 bits per heavy atom. The number of carbonyl (C=O) groups excluding carboxylic acids is 1. The highest BCUT2D eigenvalue weighted by molar-refractivity contribution is 5.69. The molecule has 4 nitrogen and oxygen atoms in total. The fourth-order valence-electron chi connectivity index (χ4n) is 1.37. The Bertz CT molecular complexity index is 213. The molecule has 0 amide bonds. The van der Waals surface area contributed by atoms with E-state index in [-0.39, 0.29) is 19.2 Å². The number of hydrogen-bond acceptors (Lipinski definition) is 4. The van der Waals surface area contributed by atoms with Gasteiger partial charge in [0.05, 0.1) is 6.61 Å².